The molecule has 312 valence electrons. The zero-order valence-corrected chi connectivity index (χ0v) is 34.2. The number of urea groups is 1. The number of hydrogen-bond acceptors (Lipinski definition) is 9. The van der Waals surface area contributed by atoms with Gasteiger partial charge in [0.15, 0.2) is 0 Å². The van der Waals surface area contributed by atoms with Crippen LogP contribution in [0.15, 0.2) is 60.9 Å². The summed E-state index contributed by atoms with van der Waals surface area (Å²) in [5, 5.41) is 7.94. The maximum atomic E-state index is 13.7. The molecule has 1 spiro atoms. The van der Waals surface area contributed by atoms with Crippen molar-refractivity contribution in [2.24, 2.45) is 11.3 Å². The van der Waals surface area contributed by atoms with Crippen LogP contribution in [-0.2, 0) is 19.1 Å². The average molecular weight is 809 g/mol. The molecule has 5 heterocycles. The van der Waals surface area contributed by atoms with Crippen LogP contribution < -0.4 is 16.0 Å². The molecule has 17 heteroatoms. The van der Waals surface area contributed by atoms with Gasteiger partial charge in [-0.05, 0) is 54.4 Å². The van der Waals surface area contributed by atoms with E-state index in [0.29, 0.717) is 44.2 Å². The Labute approximate surface area is 342 Å². The van der Waals surface area contributed by atoms with E-state index in [1.165, 1.54) is 14.2 Å². The largest absolute Gasteiger partial charge is 0.453 e. The first-order valence-corrected chi connectivity index (χ1v) is 19.9. The lowest BCUT2D eigenvalue weighted by Crippen LogP contribution is -2.61. The smallest absolute Gasteiger partial charge is 0.407 e. The standard InChI is InChI=1S/C42H52N10O7/c1-24(2)34(49-41(57)59-6)38(54)51-17-7-8-32(51)35-44-19-30(47-35)28-13-9-26(10-14-28)27-11-15-29(16-12-27)31-20-45-36(48-31)33-18-42(21-50(22-42)39(55)43-4)23-52(33)37(53)25(3)46-40(56)58-5/h9-16,19-20,24-25,32-34H,7-8,17-18,21-23H2,1-6H3,(H,43,55)(H,44,47)(H,45,48)(H,46,56)(H,49,57)/t25?,32-,33?,34-/m0/s1. The first-order valence-electron chi connectivity index (χ1n) is 19.9. The maximum Gasteiger partial charge on any atom is 0.407 e. The highest BCUT2D eigenvalue weighted by Gasteiger charge is 2.55. The molecule has 4 atom stereocenters. The van der Waals surface area contributed by atoms with E-state index in [4.69, 9.17) is 14.5 Å². The van der Waals surface area contributed by atoms with Gasteiger partial charge in [-0.25, -0.2) is 24.4 Å². The summed E-state index contributed by atoms with van der Waals surface area (Å²) in [6.45, 7) is 7.46. The number of H-pyrrole nitrogens is 2. The Morgan fingerprint density at radius 3 is 1.78 bits per heavy atom. The van der Waals surface area contributed by atoms with Gasteiger partial charge in [-0.15, -0.1) is 0 Å². The second-order valence-electron chi connectivity index (χ2n) is 16.0. The lowest BCUT2D eigenvalue weighted by Gasteiger charge is -2.47. The molecule has 0 saturated carbocycles. The Kier molecular flexibility index (Phi) is 11.6. The maximum absolute atomic E-state index is 13.7. The van der Waals surface area contributed by atoms with Crippen LogP contribution in [0.25, 0.3) is 33.6 Å². The predicted octanol–water partition coefficient (Wildman–Crippen LogP) is 4.84. The van der Waals surface area contributed by atoms with Crippen LogP contribution >= 0.6 is 0 Å². The average Bonchev–Trinajstić information content (AvgIpc) is 4.07. The molecule has 7 rings (SSSR count). The summed E-state index contributed by atoms with van der Waals surface area (Å²) in [4.78, 5) is 84.9. The number of aromatic amines is 2. The Balaban J connectivity index is 1.02. The molecule has 0 radical (unpaired) electrons. The van der Waals surface area contributed by atoms with Gasteiger partial charge in [0.05, 0.1) is 50.1 Å². The number of rotatable bonds is 10. The van der Waals surface area contributed by atoms with Gasteiger partial charge in [-0.3, -0.25) is 9.59 Å². The van der Waals surface area contributed by atoms with Gasteiger partial charge in [-0.2, -0.15) is 0 Å². The minimum atomic E-state index is -0.815. The zero-order valence-electron chi connectivity index (χ0n) is 34.2. The van der Waals surface area contributed by atoms with Gasteiger partial charge in [0.1, 0.15) is 23.7 Å². The van der Waals surface area contributed by atoms with E-state index in [-0.39, 0.29) is 41.3 Å². The third-order valence-electron chi connectivity index (χ3n) is 11.7. The van der Waals surface area contributed by atoms with Crippen molar-refractivity contribution in [2.75, 3.05) is 47.4 Å². The van der Waals surface area contributed by atoms with Crippen molar-refractivity contribution in [3.63, 3.8) is 0 Å². The van der Waals surface area contributed by atoms with Crippen molar-refractivity contribution in [3.8, 4) is 33.6 Å². The van der Waals surface area contributed by atoms with E-state index in [2.05, 4.69) is 43.0 Å². The fourth-order valence-corrected chi connectivity index (χ4v) is 8.56. The normalized spacial score (nSPS) is 19.3. The van der Waals surface area contributed by atoms with Gasteiger partial charge in [-0.1, -0.05) is 62.4 Å². The van der Waals surface area contributed by atoms with Crippen molar-refractivity contribution in [1.82, 2.24) is 50.6 Å². The number of amides is 6. The topological polar surface area (TPSA) is 207 Å². The lowest BCUT2D eigenvalue weighted by atomic mass is 9.78. The molecule has 4 aromatic rings. The number of likely N-dealkylation sites (tertiary alicyclic amines) is 3. The van der Waals surface area contributed by atoms with Crippen LogP contribution in [0.2, 0.25) is 0 Å². The van der Waals surface area contributed by atoms with Gasteiger partial charge in [0, 0.05) is 38.6 Å². The number of alkyl carbamates (subject to hydrolysis) is 2. The van der Waals surface area contributed by atoms with Crippen LogP contribution in [0.5, 0.6) is 0 Å². The second-order valence-corrected chi connectivity index (χ2v) is 16.0. The van der Waals surface area contributed by atoms with E-state index in [1.54, 1.807) is 41.1 Å². The summed E-state index contributed by atoms with van der Waals surface area (Å²) in [7, 11) is 4.13. The Hall–Kier alpha value is -6.39. The minimum absolute atomic E-state index is 0.116. The van der Waals surface area contributed by atoms with E-state index >= 15 is 0 Å². The number of ether oxygens (including phenoxy) is 2. The molecule has 17 nitrogen and oxygen atoms in total. The minimum Gasteiger partial charge on any atom is -0.453 e. The Morgan fingerprint density at radius 2 is 1.25 bits per heavy atom. The molecular weight excluding hydrogens is 757 g/mol. The molecule has 6 amide bonds. The summed E-state index contributed by atoms with van der Waals surface area (Å²) >= 11 is 0. The zero-order chi connectivity index (χ0) is 42.0. The quantitative estimate of drug-likeness (QED) is 0.148. The third kappa shape index (κ3) is 8.31. The summed E-state index contributed by atoms with van der Waals surface area (Å²) in [6, 6.07) is 14.1. The fourth-order valence-electron chi connectivity index (χ4n) is 8.56. The number of nitrogens with zero attached hydrogens (tertiary/aromatic N) is 5. The van der Waals surface area contributed by atoms with E-state index in [9.17, 15) is 24.0 Å². The monoisotopic (exact) mass is 808 g/mol. The highest BCUT2D eigenvalue weighted by Crippen LogP contribution is 2.48. The lowest BCUT2D eigenvalue weighted by molar-refractivity contribution is -0.136. The Bertz CT molecular complexity index is 2180. The molecule has 2 aromatic heterocycles. The van der Waals surface area contributed by atoms with Crippen molar-refractivity contribution in [1.29, 1.82) is 0 Å². The van der Waals surface area contributed by atoms with Crippen molar-refractivity contribution < 1.29 is 33.4 Å². The third-order valence-corrected chi connectivity index (χ3v) is 11.7. The molecule has 2 unspecified atom stereocenters. The van der Waals surface area contributed by atoms with Gasteiger partial charge in [0.25, 0.3) is 0 Å². The SMILES string of the molecule is CNC(=O)N1CC2(CC(c3ncc(-c4ccc(-c5ccc(-c6cnc([C@@H]7CCCN7C(=O)[C@@H](NC(=O)OC)C(C)C)[nH]6)cc5)cc4)[nH]3)N(C(=O)C(C)NC(=O)OC)C2)C1. The van der Waals surface area contributed by atoms with Crippen molar-refractivity contribution in [3.05, 3.63) is 72.6 Å². The highest BCUT2D eigenvalue weighted by molar-refractivity contribution is 5.87. The molecule has 5 N–H and O–H groups in total. The first kappa shape index (κ1) is 40.8. The molecule has 0 bridgehead atoms. The molecule has 3 aliphatic rings. The van der Waals surface area contributed by atoms with E-state index in [0.717, 1.165) is 46.5 Å². The number of hydrogen-bond donors (Lipinski definition) is 5. The van der Waals surface area contributed by atoms with E-state index < -0.39 is 24.3 Å². The number of nitrogens with one attached hydrogen (secondary N) is 5. The molecular formula is C42H52N10O7. The van der Waals surface area contributed by atoms with Crippen LogP contribution in [-0.4, -0.2) is 124 Å². The van der Waals surface area contributed by atoms with E-state index in [1.807, 2.05) is 50.2 Å². The second kappa shape index (κ2) is 16.8. The molecule has 3 aliphatic heterocycles. The molecule has 59 heavy (non-hydrogen) atoms. The summed E-state index contributed by atoms with van der Waals surface area (Å²) in [6.07, 6.45) is 4.46. The highest BCUT2D eigenvalue weighted by atomic mass is 16.5. The van der Waals surface area contributed by atoms with Crippen LogP contribution in [0.4, 0.5) is 14.4 Å². The van der Waals surface area contributed by atoms with Crippen molar-refractivity contribution in [2.45, 2.75) is 64.2 Å². The summed E-state index contributed by atoms with van der Waals surface area (Å²) in [5.41, 5.74) is 5.30. The summed E-state index contributed by atoms with van der Waals surface area (Å²) < 4.78 is 9.47. The fraction of sp³-hybridized carbons (Fsp3) is 0.452. The molecule has 3 saturated heterocycles. The van der Waals surface area contributed by atoms with Gasteiger partial charge < -0.3 is 50.1 Å². The number of benzene rings is 2. The number of carbonyl (C=O) groups is 5. The van der Waals surface area contributed by atoms with Gasteiger partial charge in [0.2, 0.25) is 11.8 Å². The Morgan fingerprint density at radius 1 is 0.729 bits per heavy atom. The number of methoxy groups -OCH3 is 2. The molecule has 3 fully saturated rings. The van der Waals surface area contributed by atoms with Crippen LogP contribution in [0.3, 0.4) is 0 Å². The number of imidazole rings is 2. The predicted molar refractivity (Wildman–Crippen MR) is 217 cm³/mol. The summed E-state index contributed by atoms with van der Waals surface area (Å²) in [5.74, 6) is 0.824. The molecule has 2 aromatic carbocycles. The molecule has 0 aliphatic carbocycles. The van der Waals surface area contributed by atoms with Crippen LogP contribution in [0, 0.1) is 11.3 Å². The van der Waals surface area contributed by atoms with Crippen molar-refractivity contribution >= 4 is 30.0 Å². The first-order chi connectivity index (χ1) is 28.3. The number of carbonyl (C=O) groups excluding carboxylic acids is 5. The van der Waals surface area contributed by atoms with Gasteiger partial charge >= 0.3 is 18.2 Å². The van der Waals surface area contributed by atoms with Crippen LogP contribution in [0.1, 0.15) is 63.8 Å². The number of aromatic nitrogens is 4.